The molecule has 118 valence electrons. The zero-order valence-corrected chi connectivity index (χ0v) is 13.5. The molecule has 0 aliphatic carbocycles. The summed E-state index contributed by atoms with van der Waals surface area (Å²) in [5.74, 6) is 0.540. The van der Waals surface area contributed by atoms with Crippen molar-refractivity contribution in [2.45, 2.75) is 12.5 Å². The zero-order chi connectivity index (χ0) is 16.2. The average Bonchev–Trinajstić information content (AvgIpc) is 3.18. The molecule has 0 radical (unpaired) electrons. The zero-order valence-electron chi connectivity index (χ0n) is 12.6. The van der Waals surface area contributed by atoms with E-state index in [4.69, 9.17) is 5.73 Å². The second kappa shape index (κ2) is 6.72. The number of amides is 1. The van der Waals surface area contributed by atoms with Crippen LogP contribution in [-0.2, 0) is 18.3 Å². The number of nitrogens with two attached hydrogens (primary N) is 1. The van der Waals surface area contributed by atoms with Crippen LogP contribution in [0.25, 0.3) is 10.6 Å². The van der Waals surface area contributed by atoms with Crippen molar-refractivity contribution in [2.24, 2.45) is 12.8 Å². The molecule has 1 unspecified atom stereocenters. The molecule has 3 rings (SSSR count). The summed E-state index contributed by atoms with van der Waals surface area (Å²) in [5.41, 5.74) is 6.99. The third-order valence-electron chi connectivity index (χ3n) is 3.43. The quantitative estimate of drug-likeness (QED) is 0.751. The Balaban J connectivity index is 1.64. The topological polar surface area (TPSA) is 85.8 Å². The SMILES string of the molecule is Cn1ccnc1CC(N)C(=O)Nc1cnc(-c2ccccc2)s1. The van der Waals surface area contributed by atoms with Gasteiger partial charge in [-0.2, -0.15) is 0 Å². The molecule has 1 amide bonds. The highest BCUT2D eigenvalue weighted by molar-refractivity contribution is 7.19. The Hall–Kier alpha value is -2.51. The number of rotatable bonds is 5. The monoisotopic (exact) mass is 327 g/mol. The van der Waals surface area contributed by atoms with E-state index < -0.39 is 6.04 Å². The van der Waals surface area contributed by atoms with Crippen LogP contribution in [0.4, 0.5) is 5.00 Å². The maximum absolute atomic E-state index is 12.2. The van der Waals surface area contributed by atoms with E-state index in [0.717, 1.165) is 16.4 Å². The fourth-order valence-corrected chi connectivity index (χ4v) is 2.97. The molecule has 2 heterocycles. The number of carbonyl (C=O) groups excluding carboxylic acids is 1. The second-order valence-corrected chi connectivity index (χ2v) is 6.18. The number of aromatic nitrogens is 3. The van der Waals surface area contributed by atoms with Gasteiger partial charge < -0.3 is 15.6 Å². The minimum atomic E-state index is -0.654. The Morgan fingerprint density at radius 2 is 2.13 bits per heavy atom. The van der Waals surface area contributed by atoms with Gasteiger partial charge in [-0.1, -0.05) is 41.7 Å². The van der Waals surface area contributed by atoms with Crippen LogP contribution in [0.15, 0.2) is 48.9 Å². The van der Waals surface area contributed by atoms with Gasteiger partial charge in [0.2, 0.25) is 5.91 Å². The lowest BCUT2D eigenvalue weighted by Gasteiger charge is -2.10. The fourth-order valence-electron chi connectivity index (χ4n) is 2.14. The van der Waals surface area contributed by atoms with Gasteiger partial charge in [-0.25, -0.2) is 9.97 Å². The van der Waals surface area contributed by atoms with Crippen LogP contribution >= 0.6 is 11.3 Å². The number of imidazole rings is 1. The van der Waals surface area contributed by atoms with E-state index in [1.165, 1.54) is 11.3 Å². The van der Waals surface area contributed by atoms with Crippen molar-refractivity contribution in [3.8, 4) is 10.6 Å². The summed E-state index contributed by atoms with van der Waals surface area (Å²) >= 11 is 1.42. The summed E-state index contributed by atoms with van der Waals surface area (Å²) in [6, 6.07) is 9.18. The number of nitrogens with one attached hydrogen (secondary N) is 1. The number of nitrogens with zero attached hydrogens (tertiary/aromatic N) is 3. The van der Waals surface area contributed by atoms with Gasteiger partial charge in [0.05, 0.1) is 12.2 Å². The van der Waals surface area contributed by atoms with Gasteiger partial charge in [-0.15, -0.1) is 0 Å². The van der Waals surface area contributed by atoms with Crippen LogP contribution in [0.1, 0.15) is 5.82 Å². The Bertz CT molecular complexity index is 796. The predicted octanol–water partition coefficient (Wildman–Crippen LogP) is 2.05. The molecule has 0 bridgehead atoms. The van der Waals surface area contributed by atoms with Crippen molar-refractivity contribution in [1.29, 1.82) is 0 Å². The number of carbonyl (C=O) groups is 1. The van der Waals surface area contributed by atoms with Crippen LogP contribution in [-0.4, -0.2) is 26.5 Å². The molecule has 7 heteroatoms. The lowest BCUT2D eigenvalue weighted by atomic mass is 10.2. The highest BCUT2D eigenvalue weighted by Gasteiger charge is 2.17. The highest BCUT2D eigenvalue weighted by atomic mass is 32.1. The molecule has 1 aromatic carbocycles. The molecule has 0 fully saturated rings. The number of hydrogen-bond acceptors (Lipinski definition) is 5. The van der Waals surface area contributed by atoms with Crippen LogP contribution in [0.5, 0.6) is 0 Å². The van der Waals surface area contributed by atoms with E-state index in [2.05, 4.69) is 15.3 Å². The van der Waals surface area contributed by atoms with E-state index in [0.29, 0.717) is 11.4 Å². The number of thiazole rings is 1. The molecule has 0 saturated heterocycles. The number of hydrogen-bond donors (Lipinski definition) is 2. The summed E-state index contributed by atoms with van der Waals surface area (Å²) in [6.07, 6.45) is 5.56. The van der Waals surface area contributed by atoms with Gasteiger partial charge in [0.25, 0.3) is 0 Å². The maximum Gasteiger partial charge on any atom is 0.242 e. The van der Waals surface area contributed by atoms with Crippen LogP contribution in [0, 0.1) is 0 Å². The van der Waals surface area contributed by atoms with Crippen molar-refractivity contribution < 1.29 is 4.79 Å². The van der Waals surface area contributed by atoms with Gasteiger partial charge >= 0.3 is 0 Å². The number of anilines is 1. The maximum atomic E-state index is 12.2. The smallest absolute Gasteiger partial charge is 0.242 e. The van der Waals surface area contributed by atoms with Crippen molar-refractivity contribution in [2.75, 3.05) is 5.32 Å². The Labute approximate surface area is 138 Å². The van der Waals surface area contributed by atoms with Gasteiger partial charge in [0.15, 0.2) is 0 Å². The van der Waals surface area contributed by atoms with E-state index in [1.54, 1.807) is 12.4 Å². The Kier molecular flexibility index (Phi) is 4.50. The summed E-state index contributed by atoms with van der Waals surface area (Å²) < 4.78 is 1.85. The van der Waals surface area contributed by atoms with Crippen molar-refractivity contribution in [1.82, 2.24) is 14.5 Å². The lowest BCUT2D eigenvalue weighted by Crippen LogP contribution is -2.37. The van der Waals surface area contributed by atoms with Gasteiger partial charge in [-0.05, 0) is 0 Å². The first-order chi connectivity index (χ1) is 11.1. The minimum absolute atomic E-state index is 0.240. The molecule has 3 N–H and O–H groups in total. The fraction of sp³-hybridized carbons (Fsp3) is 0.188. The van der Waals surface area contributed by atoms with E-state index in [9.17, 15) is 4.79 Å². The largest absolute Gasteiger partial charge is 0.338 e. The van der Waals surface area contributed by atoms with Crippen molar-refractivity contribution in [3.05, 3.63) is 54.7 Å². The van der Waals surface area contributed by atoms with E-state index in [-0.39, 0.29) is 5.91 Å². The molecule has 0 aliphatic rings. The van der Waals surface area contributed by atoms with Crippen molar-refractivity contribution in [3.63, 3.8) is 0 Å². The summed E-state index contributed by atoms with van der Waals surface area (Å²) in [7, 11) is 1.88. The summed E-state index contributed by atoms with van der Waals surface area (Å²) in [4.78, 5) is 20.7. The molecule has 6 nitrogen and oxygen atoms in total. The first kappa shape index (κ1) is 15.4. The molecule has 1 atom stereocenters. The van der Waals surface area contributed by atoms with Gasteiger partial charge in [0, 0.05) is 31.4 Å². The normalized spacial score (nSPS) is 12.1. The molecule has 2 aromatic heterocycles. The minimum Gasteiger partial charge on any atom is -0.338 e. The van der Waals surface area contributed by atoms with Gasteiger partial charge in [-0.3, -0.25) is 4.79 Å². The first-order valence-corrected chi connectivity index (χ1v) is 7.99. The molecule has 23 heavy (non-hydrogen) atoms. The molecule has 0 aliphatic heterocycles. The molecular formula is C16H17N5OS. The third kappa shape index (κ3) is 3.64. The van der Waals surface area contributed by atoms with Gasteiger partial charge in [0.1, 0.15) is 15.8 Å². The summed E-state index contributed by atoms with van der Waals surface area (Å²) in [6.45, 7) is 0. The molecule has 0 saturated carbocycles. The van der Waals surface area contributed by atoms with Crippen LogP contribution in [0.2, 0.25) is 0 Å². The standard InChI is InChI=1S/C16H17N5OS/c1-21-8-7-18-13(21)9-12(17)15(22)20-14-10-19-16(23-14)11-5-3-2-4-6-11/h2-8,10,12H,9,17H2,1H3,(H,20,22). The Morgan fingerprint density at radius 1 is 1.35 bits per heavy atom. The van der Waals surface area contributed by atoms with Crippen molar-refractivity contribution >= 4 is 22.2 Å². The third-order valence-corrected chi connectivity index (χ3v) is 4.39. The number of aryl methyl sites for hydroxylation is 1. The first-order valence-electron chi connectivity index (χ1n) is 7.17. The molecule has 3 aromatic rings. The average molecular weight is 327 g/mol. The van der Waals surface area contributed by atoms with Crippen LogP contribution in [0.3, 0.4) is 0 Å². The molecular weight excluding hydrogens is 310 g/mol. The van der Waals surface area contributed by atoms with E-state index in [1.807, 2.05) is 48.1 Å². The van der Waals surface area contributed by atoms with Crippen LogP contribution < -0.4 is 11.1 Å². The predicted molar refractivity (Wildman–Crippen MR) is 91.1 cm³/mol. The van der Waals surface area contributed by atoms with E-state index >= 15 is 0 Å². The second-order valence-electron chi connectivity index (χ2n) is 5.15. The molecule has 0 spiro atoms. The number of benzene rings is 1. The Morgan fingerprint density at radius 3 is 2.83 bits per heavy atom. The highest BCUT2D eigenvalue weighted by Crippen LogP contribution is 2.28. The lowest BCUT2D eigenvalue weighted by molar-refractivity contribution is -0.117. The summed E-state index contributed by atoms with van der Waals surface area (Å²) in [5, 5.41) is 4.36.